The summed E-state index contributed by atoms with van der Waals surface area (Å²) < 4.78 is 5.00. The quantitative estimate of drug-likeness (QED) is 0.0916. The first-order valence-corrected chi connectivity index (χ1v) is 15.4. The highest BCUT2D eigenvalue weighted by Crippen LogP contribution is 2.29. The lowest BCUT2D eigenvalue weighted by Crippen LogP contribution is -2.30. The van der Waals surface area contributed by atoms with Gasteiger partial charge in [-0.25, -0.2) is 4.79 Å². The summed E-state index contributed by atoms with van der Waals surface area (Å²) in [4.78, 5) is 51.9. The Balaban J connectivity index is 1.42. The van der Waals surface area contributed by atoms with Crippen molar-refractivity contribution in [1.29, 1.82) is 0 Å². The Kier molecular flexibility index (Phi) is 11.3. The van der Waals surface area contributed by atoms with E-state index in [0.717, 1.165) is 10.5 Å². The minimum absolute atomic E-state index is 0.102. The Morgan fingerprint density at radius 2 is 1.63 bits per heavy atom. The average molecular weight is 614 g/mol. The fourth-order valence-corrected chi connectivity index (χ4v) is 5.56. The molecule has 220 valence electrons. The summed E-state index contributed by atoms with van der Waals surface area (Å²) >= 11 is 2.86. The van der Waals surface area contributed by atoms with Crippen molar-refractivity contribution >= 4 is 64.2 Å². The number of amides is 3. The van der Waals surface area contributed by atoms with Crippen molar-refractivity contribution in [2.24, 2.45) is 0 Å². The van der Waals surface area contributed by atoms with Gasteiger partial charge in [0.2, 0.25) is 5.91 Å². The normalized spacial score (nSPS) is 11.7. The van der Waals surface area contributed by atoms with Gasteiger partial charge in [-0.3, -0.25) is 14.4 Å². The second-order valence-electron chi connectivity index (χ2n) is 9.22. The number of thioether (sulfide) groups is 1. The number of anilines is 2. The van der Waals surface area contributed by atoms with Gasteiger partial charge in [-0.2, -0.15) is 11.3 Å². The van der Waals surface area contributed by atoms with E-state index >= 15 is 0 Å². The highest BCUT2D eigenvalue weighted by atomic mass is 32.2. The molecule has 0 radical (unpaired) electrons. The molecule has 3 N–H and O–H groups in total. The van der Waals surface area contributed by atoms with Crippen LogP contribution in [-0.2, 0) is 14.3 Å². The predicted octanol–water partition coefficient (Wildman–Crippen LogP) is 6.84. The smallest absolute Gasteiger partial charge is 0.338 e. The lowest BCUT2D eigenvalue weighted by Gasteiger charge is -2.16. The first kappa shape index (κ1) is 31.3. The van der Waals surface area contributed by atoms with Gasteiger partial charge in [-0.15, -0.1) is 11.8 Å². The number of hydrogen-bond acceptors (Lipinski definition) is 7. The highest BCUT2D eigenvalue weighted by Gasteiger charge is 2.20. The number of esters is 1. The fourth-order valence-electron chi connectivity index (χ4n) is 3.93. The van der Waals surface area contributed by atoms with Gasteiger partial charge in [0.05, 0.1) is 17.4 Å². The van der Waals surface area contributed by atoms with E-state index in [2.05, 4.69) is 16.0 Å². The van der Waals surface area contributed by atoms with Gasteiger partial charge in [-0.1, -0.05) is 31.2 Å². The Morgan fingerprint density at radius 3 is 2.30 bits per heavy atom. The molecule has 1 aromatic heterocycles. The van der Waals surface area contributed by atoms with E-state index in [-0.39, 0.29) is 18.2 Å². The molecule has 0 aliphatic rings. The maximum absolute atomic E-state index is 13.3. The zero-order valence-electron chi connectivity index (χ0n) is 23.7. The molecule has 0 saturated heterocycles. The molecule has 0 saturated carbocycles. The van der Waals surface area contributed by atoms with Gasteiger partial charge in [0.25, 0.3) is 11.8 Å². The summed E-state index contributed by atoms with van der Waals surface area (Å²) in [7, 11) is 0. The number of ether oxygens (including phenoxy) is 1. The molecule has 0 spiro atoms. The molecular formula is C33H31N3O5S2. The van der Waals surface area contributed by atoms with Crippen LogP contribution < -0.4 is 16.0 Å². The summed E-state index contributed by atoms with van der Waals surface area (Å²) in [6.07, 6.45) is 2.19. The van der Waals surface area contributed by atoms with Crippen molar-refractivity contribution in [2.45, 2.75) is 30.4 Å². The Bertz CT molecular complexity index is 1590. The summed E-state index contributed by atoms with van der Waals surface area (Å²) in [6.45, 7) is 3.95. The molecule has 0 fully saturated rings. The molecule has 0 aliphatic heterocycles. The zero-order valence-corrected chi connectivity index (χ0v) is 25.3. The molecule has 3 amide bonds. The lowest BCUT2D eigenvalue weighted by atomic mass is 10.2. The van der Waals surface area contributed by atoms with Crippen LogP contribution >= 0.6 is 23.1 Å². The number of carbonyl (C=O) groups excluding carboxylic acids is 4. The second kappa shape index (κ2) is 15.5. The molecule has 8 nitrogen and oxygen atoms in total. The molecule has 43 heavy (non-hydrogen) atoms. The van der Waals surface area contributed by atoms with Gasteiger partial charge in [0, 0.05) is 21.8 Å². The second-order valence-corrected chi connectivity index (χ2v) is 11.3. The average Bonchev–Trinajstić information content (AvgIpc) is 3.54. The van der Waals surface area contributed by atoms with Crippen LogP contribution in [-0.4, -0.2) is 35.5 Å². The third kappa shape index (κ3) is 9.16. The van der Waals surface area contributed by atoms with E-state index in [9.17, 15) is 19.2 Å². The van der Waals surface area contributed by atoms with Crippen LogP contribution in [0.3, 0.4) is 0 Å². The fraction of sp³-hybridized carbons (Fsp3) is 0.152. The summed E-state index contributed by atoms with van der Waals surface area (Å²) in [5.74, 6) is -1.47. The molecular weight excluding hydrogens is 583 g/mol. The van der Waals surface area contributed by atoms with Crippen LogP contribution in [0.25, 0.3) is 6.08 Å². The predicted molar refractivity (Wildman–Crippen MR) is 172 cm³/mol. The summed E-state index contributed by atoms with van der Waals surface area (Å²) in [6, 6.07) is 24.3. The maximum Gasteiger partial charge on any atom is 0.338 e. The largest absolute Gasteiger partial charge is 0.462 e. The number of hydrogen-bond donors (Lipinski definition) is 3. The molecule has 1 atom stereocenters. The number of thiophene rings is 1. The topological polar surface area (TPSA) is 114 Å². The minimum Gasteiger partial charge on any atom is -0.462 e. The van der Waals surface area contributed by atoms with Crippen LogP contribution in [0.15, 0.2) is 106 Å². The molecule has 1 unspecified atom stereocenters. The monoisotopic (exact) mass is 613 g/mol. The van der Waals surface area contributed by atoms with Gasteiger partial charge in [0.1, 0.15) is 5.70 Å². The van der Waals surface area contributed by atoms with E-state index in [1.165, 1.54) is 23.1 Å². The third-order valence-corrected chi connectivity index (χ3v) is 8.14. The number of nitrogens with one attached hydrogen (secondary N) is 3. The molecule has 1 heterocycles. The van der Waals surface area contributed by atoms with Crippen LogP contribution in [0.5, 0.6) is 0 Å². The molecule has 4 rings (SSSR count). The summed E-state index contributed by atoms with van der Waals surface area (Å²) in [5, 5.41) is 11.9. The van der Waals surface area contributed by atoms with E-state index in [1.54, 1.807) is 79.7 Å². The van der Waals surface area contributed by atoms with Gasteiger partial charge < -0.3 is 20.7 Å². The highest BCUT2D eigenvalue weighted by molar-refractivity contribution is 8.00. The first-order valence-electron chi connectivity index (χ1n) is 13.6. The third-order valence-electron chi connectivity index (χ3n) is 6.08. The van der Waals surface area contributed by atoms with E-state index < -0.39 is 23.0 Å². The van der Waals surface area contributed by atoms with Crippen LogP contribution in [0.2, 0.25) is 0 Å². The van der Waals surface area contributed by atoms with Crippen molar-refractivity contribution < 1.29 is 23.9 Å². The molecule has 0 bridgehead atoms. The van der Waals surface area contributed by atoms with E-state index in [0.29, 0.717) is 28.9 Å². The van der Waals surface area contributed by atoms with Gasteiger partial charge in [-0.05, 0) is 96.4 Å². The lowest BCUT2D eigenvalue weighted by molar-refractivity contribution is -0.116. The standard InChI is InChI=1S/C33H31N3O5S2/c1-3-29(32(39)34-25-15-13-24(14-16-25)33(40)41-4-2)43-27-12-8-11-26(20-27)35-31(38)28(19-22-17-18-42-21-22)36-30(37)23-9-6-5-7-10-23/h5-21,29H,3-4H2,1-2H3,(H,34,39)(H,35,38)(H,36,37)/b28-19-. The molecule has 4 aromatic rings. The molecule has 3 aromatic carbocycles. The van der Waals surface area contributed by atoms with Crippen molar-refractivity contribution in [1.82, 2.24) is 5.32 Å². The molecule has 0 aliphatic carbocycles. The van der Waals surface area contributed by atoms with Crippen molar-refractivity contribution in [3.05, 3.63) is 118 Å². The van der Waals surface area contributed by atoms with E-state index in [4.69, 9.17) is 4.74 Å². The Labute approximate surface area is 258 Å². The van der Waals surface area contributed by atoms with Gasteiger partial charge in [0.15, 0.2) is 0 Å². The molecule has 10 heteroatoms. The number of carbonyl (C=O) groups is 4. The van der Waals surface area contributed by atoms with Gasteiger partial charge >= 0.3 is 5.97 Å². The van der Waals surface area contributed by atoms with Crippen molar-refractivity contribution in [3.8, 4) is 0 Å². The van der Waals surface area contributed by atoms with Crippen molar-refractivity contribution in [2.75, 3.05) is 17.2 Å². The Hall–Kier alpha value is -4.67. The van der Waals surface area contributed by atoms with Crippen LogP contribution in [0.1, 0.15) is 46.5 Å². The van der Waals surface area contributed by atoms with Crippen LogP contribution in [0.4, 0.5) is 11.4 Å². The minimum atomic E-state index is -0.478. The van der Waals surface area contributed by atoms with Crippen molar-refractivity contribution in [3.63, 3.8) is 0 Å². The Morgan fingerprint density at radius 1 is 0.860 bits per heavy atom. The van der Waals surface area contributed by atoms with Crippen LogP contribution in [0, 0.1) is 0 Å². The van der Waals surface area contributed by atoms with E-state index in [1.807, 2.05) is 35.9 Å². The zero-order chi connectivity index (χ0) is 30.6. The summed E-state index contributed by atoms with van der Waals surface area (Å²) in [5.41, 5.74) is 2.83. The SMILES string of the molecule is CCOC(=O)c1ccc(NC(=O)C(CC)Sc2cccc(NC(=O)/C(=C/c3ccsc3)NC(=O)c3ccccc3)c2)cc1. The number of benzene rings is 3. The maximum atomic E-state index is 13.3. The number of rotatable bonds is 12. The first-order chi connectivity index (χ1) is 20.9.